The SMILES string of the molecule is N[C@@H]1CCC[C@H]1CC(=O)N1CCCc2cc(OC(F)F)ccc21. The number of ether oxygens (including phenoxy) is 1. The Morgan fingerprint density at radius 3 is 2.87 bits per heavy atom. The highest BCUT2D eigenvalue weighted by molar-refractivity contribution is 5.94. The van der Waals surface area contributed by atoms with Crippen LogP contribution in [0.1, 0.15) is 37.7 Å². The van der Waals surface area contributed by atoms with Gasteiger partial charge in [0.05, 0.1) is 0 Å². The second-order valence-corrected chi connectivity index (χ2v) is 6.38. The Morgan fingerprint density at radius 1 is 1.35 bits per heavy atom. The van der Waals surface area contributed by atoms with Crippen LogP contribution in [0.2, 0.25) is 0 Å². The summed E-state index contributed by atoms with van der Waals surface area (Å²) in [6, 6.07) is 4.93. The Labute approximate surface area is 134 Å². The maximum absolute atomic E-state index is 12.6. The number of halogens is 2. The second-order valence-electron chi connectivity index (χ2n) is 6.38. The third kappa shape index (κ3) is 3.63. The molecule has 1 aliphatic carbocycles. The molecule has 1 fully saturated rings. The van der Waals surface area contributed by atoms with Crippen molar-refractivity contribution in [3.63, 3.8) is 0 Å². The monoisotopic (exact) mass is 324 g/mol. The standard InChI is InChI=1S/C17H22F2N2O2/c18-17(19)23-13-6-7-15-12(9-13)4-2-8-21(15)16(22)10-11-3-1-5-14(11)20/h6-7,9,11,14,17H,1-5,8,10,20H2/t11-,14+/m0/s1. The van der Waals surface area contributed by atoms with E-state index in [9.17, 15) is 13.6 Å². The predicted molar refractivity (Wildman–Crippen MR) is 83.7 cm³/mol. The molecule has 3 rings (SSSR count). The molecule has 2 N–H and O–H groups in total. The molecule has 0 radical (unpaired) electrons. The molecule has 2 aliphatic rings. The largest absolute Gasteiger partial charge is 0.435 e. The minimum atomic E-state index is -2.83. The number of nitrogens with two attached hydrogens (primary N) is 1. The van der Waals surface area contributed by atoms with E-state index in [0.717, 1.165) is 43.4 Å². The summed E-state index contributed by atoms with van der Waals surface area (Å²) in [5, 5.41) is 0. The van der Waals surface area contributed by atoms with Gasteiger partial charge in [-0.05, 0) is 55.4 Å². The number of hydrogen-bond donors (Lipinski definition) is 1. The van der Waals surface area contributed by atoms with Gasteiger partial charge in [0.1, 0.15) is 5.75 Å². The number of nitrogens with zero attached hydrogens (tertiary/aromatic N) is 1. The average Bonchev–Trinajstić information content (AvgIpc) is 2.91. The quantitative estimate of drug-likeness (QED) is 0.926. The van der Waals surface area contributed by atoms with Gasteiger partial charge in [-0.25, -0.2) is 0 Å². The number of anilines is 1. The Bertz CT molecular complexity index is 580. The van der Waals surface area contributed by atoms with Crippen molar-refractivity contribution in [3.05, 3.63) is 23.8 Å². The molecule has 0 aromatic heterocycles. The van der Waals surface area contributed by atoms with E-state index in [4.69, 9.17) is 5.73 Å². The van der Waals surface area contributed by atoms with Gasteiger partial charge in [-0.2, -0.15) is 8.78 Å². The molecular weight excluding hydrogens is 302 g/mol. The highest BCUT2D eigenvalue weighted by Gasteiger charge is 2.30. The lowest BCUT2D eigenvalue weighted by Crippen LogP contribution is -2.38. The highest BCUT2D eigenvalue weighted by Crippen LogP contribution is 2.33. The maximum Gasteiger partial charge on any atom is 0.387 e. The summed E-state index contributed by atoms with van der Waals surface area (Å²) in [4.78, 5) is 14.4. The molecule has 2 atom stereocenters. The summed E-state index contributed by atoms with van der Waals surface area (Å²) in [5.41, 5.74) is 7.76. The van der Waals surface area contributed by atoms with Crippen LogP contribution in [0.25, 0.3) is 0 Å². The predicted octanol–water partition coefficient (Wildman–Crippen LogP) is 3.08. The van der Waals surface area contributed by atoms with Gasteiger partial charge in [-0.1, -0.05) is 6.42 Å². The van der Waals surface area contributed by atoms with E-state index in [1.807, 2.05) is 0 Å². The van der Waals surface area contributed by atoms with Gasteiger partial charge < -0.3 is 15.4 Å². The number of alkyl halides is 2. The lowest BCUT2D eigenvalue weighted by atomic mass is 9.97. The lowest BCUT2D eigenvalue weighted by molar-refractivity contribution is -0.119. The van der Waals surface area contributed by atoms with Crippen molar-refractivity contribution in [1.82, 2.24) is 0 Å². The zero-order valence-electron chi connectivity index (χ0n) is 13.0. The fraction of sp³-hybridized carbons (Fsp3) is 0.588. The van der Waals surface area contributed by atoms with E-state index in [1.165, 1.54) is 6.07 Å². The van der Waals surface area contributed by atoms with Gasteiger partial charge in [0.25, 0.3) is 0 Å². The molecule has 1 heterocycles. The summed E-state index contributed by atoms with van der Waals surface area (Å²) < 4.78 is 29.1. The molecule has 0 saturated heterocycles. The van der Waals surface area contributed by atoms with E-state index in [1.54, 1.807) is 17.0 Å². The van der Waals surface area contributed by atoms with Crippen LogP contribution in [-0.2, 0) is 11.2 Å². The van der Waals surface area contributed by atoms with Crippen molar-refractivity contribution in [2.45, 2.75) is 51.2 Å². The molecule has 1 aromatic carbocycles. The van der Waals surface area contributed by atoms with Gasteiger partial charge in [0, 0.05) is 24.7 Å². The number of amides is 1. The van der Waals surface area contributed by atoms with Crippen molar-refractivity contribution in [1.29, 1.82) is 0 Å². The van der Waals surface area contributed by atoms with Crippen LogP contribution in [0.5, 0.6) is 5.75 Å². The van der Waals surface area contributed by atoms with Crippen LogP contribution >= 0.6 is 0 Å². The Morgan fingerprint density at radius 2 is 2.17 bits per heavy atom. The maximum atomic E-state index is 12.6. The van der Waals surface area contributed by atoms with Gasteiger partial charge in [0.2, 0.25) is 5.91 Å². The van der Waals surface area contributed by atoms with Crippen molar-refractivity contribution >= 4 is 11.6 Å². The summed E-state index contributed by atoms with van der Waals surface area (Å²) in [6.45, 7) is -2.17. The zero-order valence-corrected chi connectivity index (χ0v) is 13.0. The minimum absolute atomic E-state index is 0.0795. The third-order valence-electron chi connectivity index (χ3n) is 4.85. The number of aryl methyl sites for hydroxylation is 1. The van der Waals surface area contributed by atoms with E-state index in [-0.39, 0.29) is 23.6 Å². The van der Waals surface area contributed by atoms with Crippen LogP contribution in [0.15, 0.2) is 18.2 Å². The number of hydrogen-bond acceptors (Lipinski definition) is 3. The normalized spacial score (nSPS) is 23.9. The number of fused-ring (bicyclic) bond motifs is 1. The van der Waals surface area contributed by atoms with Crippen molar-refractivity contribution in [2.24, 2.45) is 11.7 Å². The first-order valence-corrected chi connectivity index (χ1v) is 8.18. The number of carbonyl (C=O) groups is 1. The van der Waals surface area contributed by atoms with Crippen LogP contribution in [0.3, 0.4) is 0 Å². The summed E-state index contributed by atoms with van der Waals surface area (Å²) in [5.74, 6) is 0.482. The Hall–Kier alpha value is -1.69. The van der Waals surface area contributed by atoms with E-state index in [0.29, 0.717) is 13.0 Å². The van der Waals surface area contributed by atoms with Crippen molar-refractivity contribution in [3.8, 4) is 5.75 Å². The first-order valence-electron chi connectivity index (χ1n) is 8.18. The molecule has 126 valence electrons. The lowest BCUT2D eigenvalue weighted by Gasteiger charge is -2.31. The topological polar surface area (TPSA) is 55.6 Å². The molecule has 4 nitrogen and oxygen atoms in total. The van der Waals surface area contributed by atoms with Crippen molar-refractivity contribution in [2.75, 3.05) is 11.4 Å². The number of rotatable bonds is 4. The van der Waals surface area contributed by atoms with Crippen LogP contribution < -0.4 is 15.4 Å². The summed E-state index contributed by atoms with van der Waals surface area (Å²) in [7, 11) is 0. The van der Waals surface area contributed by atoms with E-state index in [2.05, 4.69) is 4.74 Å². The highest BCUT2D eigenvalue weighted by atomic mass is 19.3. The third-order valence-corrected chi connectivity index (χ3v) is 4.85. The number of benzene rings is 1. The van der Waals surface area contributed by atoms with Crippen molar-refractivity contribution < 1.29 is 18.3 Å². The van der Waals surface area contributed by atoms with Gasteiger partial charge in [0.15, 0.2) is 0 Å². The fourth-order valence-electron chi connectivity index (χ4n) is 3.66. The Kier molecular flexibility index (Phi) is 4.80. The Balaban J connectivity index is 1.74. The van der Waals surface area contributed by atoms with Crippen LogP contribution in [0, 0.1) is 5.92 Å². The minimum Gasteiger partial charge on any atom is -0.435 e. The fourth-order valence-corrected chi connectivity index (χ4v) is 3.66. The zero-order chi connectivity index (χ0) is 16.4. The number of carbonyl (C=O) groups excluding carboxylic acids is 1. The molecular formula is C17H22F2N2O2. The first kappa shape index (κ1) is 16.2. The van der Waals surface area contributed by atoms with Gasteiger partial charge in [-0.3, -0.25) is 4.79 Å². The van der Waals surface area contributed by atoms with Crippen LogP contribution in [-0.4, -0.2) is 25.1 Å². The summed E-state index contributed by atoms with van der Waals surface area (Å²) >= 11 is 0. The molecule has 0 bridgehead atoms. The molecule has 0 spiro atoms. The smallest absolute Gasteiger partial charge is 0.387 e. The second kappa shape index (κ2) is 6.83. The van der Waals surface area contributed by atoms with Gasteiger partial charge >= 0.3 is 6.61 Å². The van der Waals surface area contributed by atoms with E-state index >= 15 is 0 Å². The molecule has 6 heteroatoms. The summed E-state index contributed by atoms with van der Waals surface area (Å²) in [6.07, 6.45) is 5.15. The molecule has 1 aromatic rings. The van der Waals surface area contributed by atoms with E-state index < -0.39 is 6.61 Å². The first-order chi connectivity index (χ1) is 11.0. The molecule has 1 aliphatic heterocycles. The van der Waals surface area contributed by atoms with Crippen LogP contribution in [0.4, 0.5) is 14.5 Å². The molecule has 23 heavy (non-hydrogen) atoms. The molecule has 1 amide bonds. The van der Waals surface area contributed by atoms with Gasteiger partial charge in [-0.15, -0.1) is 0 Å². The molecule has 0 unspecified atom stereocenters. The average molecular weight is 324 g/mol. The molecule has 1 saturated carbocycles.